The monoisotopic (exact) mass is 754 g/mol. The summed E-state index contributed by atoms with van der Waals surface area (Å²) in [5.41, 5.74) is 8.85. The predicted octanol–water partition coefficient (Wildman–Crippen LogP) is 5.47. The molecule has 1 unspecified atom stereocenters. The minimum atomic E-state index is -4.24. The van der Waals surface area contributed by atoms with Gasteiger partial charge < -0.3 is 34.3 Å². The Morgan fingerprint density at radius 1 is 0.963 bits per heavy atom. The molecule has 6 rings (SSSR count). The molecule has 14 heteroatoms. The first-order valence-corrected chi connectivity index (χ1v) is 18.9. The van der Waals surface area contributed by atoms with Crippen molar-refractivity contribution in [3.63, 3.8) is 0 Å². The number of imide groups is 1. The molecule has 0 aliphatic carbocycles. The number of piperidine rings is 1. The number of quaternary nitrogens is 1. The number of nitrogens with zero attached hydrogens (tertiary/aromatic N) is 3. The van der Waals surface area contributed by atoms with E-state index in [0.717, 1.165) is 24.1 Å². The van der Waals surface area contributed by atoms with Crippen LogP contribution in [0.25, 0.3) is 10.9 Å². The molecule has 54 heavy (non-hydrogen) atoms. The van der Waals surface area contributed by atoms with Gasteiger partial charge in [0.2, 0.25) is 5.91 Å². The molecule has 282 valence electrons. The van der Waals surface area contributed by atoms with E-state index in [1.165, 1.54) is 53.6 Å². The van der Waals surface area contributed by atoms with Gasteiger partial charge >= 0.3 is 16.1 Å². The second-order valence-electron chi connectivity index (χ2n) is 13.7. The van der Waals surface area contributed by atoms with Gasteiger partial charge in [-0.1, -0.05) is 30.3 Å². The van der Waals surface area contributed by atoms with Crippen LogP contribution in [0.15, 0.2) is 108 Å². The fourth-order valence-corrected chi connectivity index (χ4v) is 8.11. The Labute approximate surface area is 314 Å². The number of nitrogens with one attached hydrogen (secondary N) is 1. The summed E-state index contributed by atoms with van der Waals surface area (Å²) in [6.45, 7) is 1.93. The molecule has 13 nitrogen and oxygen atoms in total. The number of likely N-dealkylation sites (N-methyl/N-ethyl adjacent to an activating group) is 1. The SMILES string of the molecule is COc1ccc(C[N+]2(C)CCC[C@H](N(C(=O)Nc3ccc(OS(=O)(=O)c4cccc5cccnc45)cc3)C(=O)[C@@H](N)Cc3ccc(O)cc3)C2)cc1OC. The van der Waals surface area contributed by atoms with Crippen molar-refractivity contribution in [2.24, 2.45) is 5.73 Å². The lowest BCUT2D eigenvalue weighted by molar-refractivity contribution is -0.928. The highest BCUT2D eigenvalue weighted by atomic mass is 32.2. The molecule has 1 aliphatic rings. The van der Waals surface area contributed by atoms with Crippen LogP contribution in [0, 0.1) is 0 Å². The number of likely N-dealkylation sites (tertiary alicyclic amines) is 1. The molecular formula is C40H44N5O8S+. The number of carbonyl (C=O) groups is 2. The van der Waals surface area contributed by atoms with Crippen molar-refractivity contribution in [2.45, 2.75) is 42.8 Å². The smallest absolute Gasteiger partial charge is 0.341 e. The van der Waals surface area contributed by atoms with E-state index in [0.29, 0.717) is 52.1 Å². The summed E-state index contributed by atoms with van der Waals surface area (Å²) in [6.07, 6.45) is 3.00. The third kappa shape index (κ3) is 8.73. The number of hydrogen-bond acceptors (Lipinski definition) is 10. The summed E-state index contributed by atoms with van der Waals surface area (Å²) in [6, 6.07) is 24.1. The molecule has 4 N–H and O–H groups in total. The van der Waals surface area contributed by atoms with Crippen LogP contribution < -0.4 is 24.7 Å². The van der Waals surface area contributed by atoms with Crippen LogP contribution in [0.5, 0.6) is 23.0 Å². The number of amides is 3. The lowest BCUT2D eigenvalue weighted by Crippen LogP contribution is -2.62. The highest BCUT2D eigenvalue weighted by Crippen LogP contribution is 2.31. The van der Waals surface area contributed by atoms with Gasteiger partial charge in [-0.2, -0.15) is 8.42 Å². The normalized spacial score (nSPS) is 17.7. The predicted molar refractivity (Wildman–Crippen MR) is 204 cm³/mol. The molecule has 0 saturated carbocycles. The van der Waals surface area contributed by atoms with Crippen LogP contribution in [0.2, 0.25) is 0 Å². The summed E-state index contributed by atoms with van der Waals surface area (Å²) < 4.78 is 43.4. The highest BCUT2D eigenvalue weighted by molar-refractivity contribution is 7.87. The average molecular weight is 755 g/mol. The van der Waals surface area contributed by atoms with E-state index in [-0.39, 0.29) is 22.8 Å². The van der Waals surface area contributed by atoms with Gasteiger partial charge in [-0.15, -0.1) is 0 Å². The Bertz CT molecular complexity index is 2230. The van der Waals surface area contributed by atoms with Crippen LogP contribution in [-0.2, 0) is 27.9 Å². The van der Waals surface area contributed by atoms with E-state index in [4.69, 9.17) is 19.4 Å². The number of benzene rings is 4. The van der Waals surface area contributed by atoms with Crippen LogP contribution >= 0.6 is 0 Å². The number of aromatic nitrogens is 1. The van der Waals surface area contributed by atoms with Gasteiger partial charge in [0.05, 0.1) is 45.4 Å². The number of nitrogens with two attached hydrogens (primary N) is 1. The number of methoxy groups -OCH3 is 2. The van der Waals surface area contributed by atoms with Crippen molar-refractivity contribution in [2.75, 3.05) is 39.7 Å². The van der Waals surface area contributed by atoms with Crippen LogP contribution in [0.4, 0.5) is 10.5 Å². The van der Waals surface area contributed by atoms with E-state index in [1.54, 1.807) is 50.6 Å². The molecule has 1 aliphatic heterocycles. The molecule has 0 spiro atoms. The number of aromatic hydroxyl groups is 1. The zero-order valence-electron chi connectivity index (χ0n) is 30.3. The highest BCUT2D eigenvalue weighted by Gasteiger charge is 2.41. The van der Waals surface area contributed by atoms with Gasteiger partial charge in [0.1, 0.15) is 29.5 Å². The van der Waals surface area contributed by atoms with E-state index < -0.39 is 34.1 Å². The zero-order chi connectivity index (χ0) is 38.5. The first-order chi connectivity index (χ1) is 25.9. The quantitative estimate of drug-likeness (QED) is 0.110. The lowest BCUT2D eigenvalue weighted by Gasteiger charge is -2.44. The van der Waals surface area contributed by atoms with Gasteiger partial charge in [0.25, 0.3) is 0 Å². The Morgan fingerprint density at radius 3 is 2.39 bits per heavy atom. The van der Waals surface area contributed by atoms with Gasteiger partial charge in [-0.3, -0.25) is 14.7 Å². The molecule has 1 saturated heterocycles. The van der Waals surface area contributed by atoms with Crippen molar-refractivity contribution >= 4 is 38.6 Å². The fourth-order valence-electron chi connectivity index (χ4n) is 7.00. The Morgan fingerprint density at radius 2 is 1.67 bits per heavy atom. The number of urea groups is 1. The number of fused-ring (bicyclic) bond motifs is 1. The molecule has 1 fully saturated rings. The maximum Gasteiger partial charge on any atom is 0.341 e. The topological polar surface area (TPSA) is 170 Å². The van der Waals surface area contributed by atoms with Gasteiger partial charge in [-0.25, -0.2) is 4.79 Å². The zero-order valence-corrected chi connectivity index (χ0v) is 31.2. The lowest BCUT2D eigenvalue weighted by atomic mass is 9.98. The number of anilines is 1. The number of phenols is 1. The second kappa shape index (κ2) is 16.1. The van der Waals surface area contributed by atoms with Crippen molar-refractivity contribution in [1.82, 2.24) is 9.88 Å². The van der Waals surface area contributed by atoms with Gasteiger partial charge in [-0.05, 0) is 91.6 Å². The maximum absolute atomic E-state index is 14.2. The van der Waals surface area contributed by atoms with E-state index in [9.17, 15) is 23.1 Å². The number of carbonyl (C=O) groups excluding carboxylic acids is 2. The Hall–Kier alpha value is -5.70. The Kier molecular flexibility index (Phi) is 11.4. The van der Waals surface area contributed by atoms with Crippen LogP contribution in [-0.4, -0.2) is 86.3 Å². The van der Waals surface area contributed by atoms with Crippen molar-refractivity contribution in [3.05, 3.63) is 114 Å². The van der Waals surface area contributed by atoms with E-state index in [2.05, 4.69) is 17.3 Å². The van der Waals surface area contributed by atoms with Crippen LogP contribution in [0.3, 0.4) is 0 Å². The summed E-state index contributed by atoms with van der Waals surface area (Å²) in [4.78, 5) is 33.7. The van der Waals surface area contributed by atoms with Crippen molar-refractivity contribution in [3.8, 4) is 23.0 Å². The fraction of sp³-hybridized carbons (Fsp3) is 0.275. The van der Waals surface area contributed by atoms with Crippen molar-refractivity contribution < 1.29 is 41.3 Å². The minimum Gasteiger partial charge on any atom is -0.508 e. The van der Waals surface area contributed by atoms with Gasteiger partial charge in [0.15, 0.2) is 11.5 Å². The molecule has 0 radical (unpaired) electrons. The number of phenolic OH excluding ortho intramolecular Hbond substituents is 1. The molecule has 2 heterocycles. The molecule has 3 atom stereocenters. The number of para-hydroxylation sites is 1. The molecule has 0 bridgehead atoms. The largest absolute Gasteiger partial charge is 0.508 e. The van der Waals surface area contributed by atoms with Gasteiger partial charge in [0, 0.05) is 22.8 Å². The molecule has 4 aromatic carbocycles. The van der Waals surface area contributed by atoms with E-state index in [1.807, 2.05) is 18.2 Å². The third-order valence-electron chi connectivity index (χ3n) is 9.61. The summed E-state index contributed by atoms with van der Waals surface area (Å²) >= 11 is 0. The first-order valence-electron chi connectivity index (χ1n) is 17.5. The average Bonchev–Trinajstić information content (AvgIpc) is 3.16. The molecule has 5 aromatic rings. The maximum atomic E-state index is 14.2. The first kappa shape index (κ1) is 38.0. The third-order valence-corrected chi connectivity index (χ3v) is 10.9. The summed E-state index contributed by atoms with van der Waals surface area (Å²) in [5, 5.41) is 13.2. The molecular weight excluding hydrogens is 711 g/mol. The molecule has 1 aromatic heterocycles. The number of rotatable bonds is 12. The van der Waals surface area contributed by atoms with Crippen LogP contribution in [0.1, 0.15) is 24.0 Å². The number of hydrogen-bond donors (Lipinski definition) is 3. The standard InChI is InChI=1S/C40H43N5O8S/c1-45(25-28-13-20-35(51-2)36(24-28)52-3)22-6-9-31(26-45)44(39(47)34(41)23-27-11-16-32(46)17-12-27)40(48)43-30-14-18-33(19-15-30)53-54(49,50)37-10-4-7-29-8-5-21-42-38(29)37/h4-5,7-8,10-21,24,31,34H,6,9,22-23,25-26,41H2,1-3H3,(H-,43,46,48)/p+1/t31-,34-,45?/m0/s1. The number of ether oxygens (including phenoxy) is 2. The van der Waals surface area contributed by atoms with Crippen molar-refractivity contribution in [1.29, 1.82) is 0 Å². The minimum absolute atomic E-state index is 0.0281. The van der Waals surface area contributed by atoms with E-state index >= 15 is 0 Å². The molecule has 3 amide bonds. The summed E-state index contributed by atoms with van der Waals surface area (Å²) in [5.74, 6) is 0.819. The summed E-state index contributed by atoms with van der Waals surface area (Å²) in [7, 11) is 1.03. The Balaban J connectivity index is 1.22. The number of pyridine rings is 1. The second-order valence-corrected chi connectivity index (χ2v) is 15.2.